The topological polar surface area (TPSA) is 125 Å². The highest BCUT2D eigenvalue weighted by Gasteiger charge is 2.08. The van der Waals surface area contributed by atoms with Crippen molar-refractivity contribution in [1.29, 1.82) is 0 Å². The summed E-state index contributed by atoms with van der Waals surface area (Å²) >= 11 is 0. The van der Waals surface area contributed by atoms with Crippen molar-refractivity contribution in [2.75, 3.05) is 39.3 Å². The zero-order valence-corrected chi connectivity index (χ0v) is 11.7. The highest BCUT2D eigenvalue weighted by molar-refractivity contribution is 5.69. The molecule has 19 heavy (non-hydrogen) atoms. The van der Waals surface area contributed by atoms with E-state index in [1.165, 1.54) is 0 Å². The van der Waals surface area contributed by atoms with Gasteiger partial charge in [-0.3, -0.25) is 10.1 Å². The van der Waals surface area contributed by atoms with Gasteiger partial charge < -0.3 is 27.2 Å². The van der Waals surface area contributed by atoms with Crippen molar-refractivity contribution in [2.45, 2.75) is 31.8 Å². The standard InChI is InChI=1S/C12H29N5O2/c13-5-2-8-15-7-1-4-11(16-9-3-6-14)17-10-12(18)19/h11,15-17H,1-10,13-14H2,(H,18,19). The maximum atomic E-state index is 10.5. The predicted molar refractivity (Wildman–Crippen MR) is 76.9 cm³/mol. The largest absolute Gasteiger partial charge is 0.480 e. The van der Waals surface area contributed by atoms with Gasteiger partial charge in [0.2, 0.25) is 0 Å². The summed E-state index contributed by atoms with van der Waals surface area (Å²) in [6.07, 6.45) is 3.76. The van der Waals surface area contributed by atoms with Crippen molar-refractivity contribution in [3.05, 3.63) is 0 Å². The molecule has 1 unspecified atom stereocenters. The number of nitrogens with two attached hydrogens (primary N) is 2. The first-order valence-electron chi connectivity index (χ1n) is 7.00. The van der Waals surface area contributed by atoms with Gasteiger partial charge in [-0.1, -0.05) is 0 Å². The van der Waals surface area contributed by atoms with Gasteiger partial charge in [0.15, 0.2) is 0 Å². The van der Waals surface area contributed by atoms with Crippen LogP contribution in [0.2, 0.25) is 0 Å². The molecule has 0 radical (unpaired) electrons. The summed E-state index contributed by atoms with van der Waals surface area (Å²) in [5.74, 6) is -0.841. The molecule has 8 N–H and O–H groups in total. The first-order chi connectivity index (χ1) is 9.20. The van der Waals surface area contributed by atoms with Gasteiger partial charge in [-0.25, -0.2) is 0 Å². The smallest absolute Gasteiger partial charge is 0.317 e. The predicted octanol–water partition coefficient (Wildman–Crippen LogP) is -1.36. The maximum absolute atomic E-state index is 10.5. The second kappa shape index (κ2) is 13.7. The highest BCUT2D eigenvalue weighted by Crippen LogP contribution is 1.94. The quantitative estimate of drug-likeness (QED) is 0.171. The summed E-state index contributed by atoms with van der Waals surface area (Å²) in [5.41, 5.74) is 10.8. The minimum atomic E-state index is -0.841. The summed E-state index contributed by atoms with van der Waals surface area (Å²) < 4.78 is 0. The van der Waals surface area contributed by atoms with Gasteiger partial charge in [-0.05, 0) is 58.4 Å². The van der Waals surface area contributed by atoms with Crippen LogP contribution in [0, 0.1) is 0 Å². The lowest BCUT2D eigenvalue weighted by Gasteiger charge is -2.19. The molecule has 0 rings (SSSR count). The van der Waals surface area contributed by atoms with E-state index in [1.54, 1.807) is 0 Å². The van der Waals surface area contributed by atoms with Gasteiger partial charge in [-0.15, -0.1) is 0 Å². The average molecular weight is 275 g/mol. The molecule has 0 saturated heterocycles. The number of carbonyl (C=O) groups is 1. The lowest BCUT2D eigenvalue weighted by molar-refractivity contribution is -0.136. The van der Waals surface area contributed by atoms with Gasteiger partial charge in [-0.2, -0.15) is 0 Å². The molecule has 0 saturated carbocycles. The fourth-order valence-corrected chi connectivity index (χ4v) is 1.65. The van der Waals surface area contributed by atoms with Crippen molar-refractivity contribution in [2.24, 2.45) is 11.5 Å². The summed E-state index contributed by atoms with van der Waals surface area (Å²) in [7, 11) is 0. The Hall–Kier alpha value is -0.730. The summed E-state index contributed by atoms with van der Waals surface area (Å²) in [6, 6.07) is 0. The van der Waals surface area contributed by atoms with E-state index in [4.69, 9.17) is 16.6 Å². The van der Waals surface area contributed by atoms with Crippen molar-refractivity contribution >= 4 is 5.97 Å². The van der Waals surface area contributed by atoms with E-state index in [9.17, 15) is 4.79 Å². The Balaban J connectivity index is 3.67. The fraction of sp³-hybridized carbons (Fsp3) is 0.917. The minimum absolute atomic E-state index is 0.0268. The lowest BCUT2D eigenvalue weighted by Crippen LogP contribution is -2.45. The van der Waals surface area contributed by atoms with E-state index in [0.29, 0.717) is 13.1 Å². The van der Waals surface area contributed by atoms with Gasteiger partial charge >= 0.3 is 5.97 Å². The molecule has 0 aliphatic rings. The van der Waals surface area contributed by atoms with Crippen LogP contribution in [0.15, 0.2) is 0 Å². The molecule has 0 fully saturated rings. The number of rotatable bonds is 14. The van der Waals surface area contributed by atoms with Gasteiger partial charge in [0.05, 0.1) is 12.7 Å². The van der Waals surface area contributed by atoms with E-state index in [1.807, 2.05) is 0 Å². The zero-order valence-electron chi connectivity index (χ0n) is 11.7. The Kier molecular flexibility index (Phi) is 13.2. The molecule has 0 aromatic carbocycles. The normalized spacial score (nSPS) is 12.5. The molecule has 0 aromatic heterocycles. The van der Waals surface area contributed by atoms with Crippen LogP contribution in [0.1, 0.15) is 25.7 Å². The van der Waals surface area contributed by atoms with Crippen molar-refractivity contribution in [1.82, 2.24) is 16.0 Å². The molecule has 7 nitrogen and oxygen atoms in total. The van der Waals surface area contributed by atoms with Crippen molar-refractivity contribution < 1.29 is 9.90 Å². The molecule has 0 heterocycles. The Morgan fingerprint density at radius 2 is 1.63 bits per heavy atom. The molecular formula is C12H29N5O2. The molecule has 0 aliphatic carbocycles. The third-order valence-corrected chi connectivity index (χ3v) is 2.68. The minimum Gasteiger partial charge on any atom is -0.480 e. The van der Waals surface area contributed by atoms with Crippen molar-refractivity contribution in [3.63, 3.8) is 0 Å². The van der Waals surface area contributed by atoms with Crippen LogP contribution in [0.25, 0.3) is 0 Å². The summed E-state index contributed by atoms with van der Waals surface area (Å²) in [5, 5.41) is 18.2. The second-order valence-corrected chi connectivity index (χ2v) is 4.46. The summed E-state index contributed by atoms with van der Waals surface area (Å²) in [6.45, 7) is 3.97. The monoisotopic (exact) mass is 275 g/mol. The molecule has 7 heteroatoms. The van der Waals surface area contributed by atoms with Crippen LogP contribution in [-0.4, -0.2) is 56.5 Å². The molecule has 0 bridgehead atoms. The van der Waals surface area contributed by atoms with E-state index >= 15 is 0 Å². The maximum Gasteiger partial charge on any atom is 0.317 e. The Labute approximate surface area is 115 Å². The second-order valence-electron chi connectivity index (χ2n) is 4.46. The molecule has 0 spiro atoms. The highest BCUT2D eigenvalue weighted by atomic mass is 16.4. The van der Waals surface area contributed by atoms with E-state index < -0.39 is 5.97 Å². The van der Waals surface area contributed by atoms with E-state index in [-0.39, 0.29) is 12.7 Å². The molecule has 0 aromatic rings. The SMILES string of the molecule is NCCCNCCCC(NCCCN)NCC(=O)O. The number of hydrogen-bond acceptors (Lipinski definition) is 6. The number of carboxylic acids is 1. The van der Waals surface area contributed by atoms with Gasteiger partial charge in [0.1, 0.15) is 0 Å². The van der Waals surface area contributed by atoms with Crippen LogP contribution in [0.5, 0.6) is 0 Å². The van der Waals surface area contributed by atoms with Crippen LogP contribution in [-0.2, 0) is 4.79 Å². The molecule has 0 amide bonds. The van der Waals surface area contributed by atoms with Crippen LogP contribution < -0.4 is 27.4 Å². The lowest BCUT2D eigenvalue weighted by atomic mass is 10.2. The third-order valence-electron chi connectivity index (χ3n) is 2.68. The molecule has 114 valence electrons. The van der Waals surface area contributed by atoms with Gasteiger partial charge in [0.25, 0.3) is 0 Å². The number of aliphatic carboxylic acids is 1. The first-order valence-corrected chi connectivity index (χ1v) is 7.00. The van der Waals surface area contributed by atoms with E-state index in [0.717, 1.165) is 45.3 Å². The van der Waals surface area contributed by atoms with Crippen LogP contribution >= 0.6 is 0 Å². The Morgan fingerprint density at radius 1 is 1.00 bits per heavy atom. The average Bonchev–Trinajstić information content (AvgIpc) is 2.39. The number of carboxylic acid groups (broad SMARTS) is 1. The summed E-state index contributed by atoms with van der Waals surface area (Å²) in [4.78, 5) is 10.5. The van der Waals surface area contributed by atoms with Crippen molar-refractivity contribution in [3.8, 4) is 0 Å². The van der Waals surface area contributed by atoms with Gasteiger partial charge in [0, 0.05) is 0 Å². The third kappa shape index (κ3) is 13.5. The molecular weight excluding hydrogens is 246 g/mol. The molecule has 0 aliphatic heterocycles. The van der Waals surface area contributed by atoms with Crippen LogP contribution in [0.3, 0.4) is 0 Å². The van der Waals surface area contributed by atoms with Crippen LogP contribution in [0.4, 0.5) is 0 Å². The Bertz CT molecular complexity index is 216. The number of nitrogens with one attached hydrogen (secondary N) is 3. The number of hydrogen-bond donors (Lipinski definition) is 6. The fourth-order valence-electron chi connectivity index (χ4n) is 1.65. The Morgan fingerprint density at radius 3 is 2.26 bits per heavy atom. The molecule has 1 atom stereocenters. The van der Waals surface area contributed by atoms with E-state index in [2.05, 4.69) is 16.0 Å². The zero-order chi connectivity index (χ0) is 14.3. The first kappa shape index (κ1) is 18.3.